The van der Waals surface area contributed by atoms with Gasteiger partial charge in [-0.15, -0.1) is 11.8 Å². The highest BCUT2D eigenvalue weighted by Crippen LogP contribution is 2.26. The second kappa shape index (κ2) is 4.58. The number of nitrogens with two attached hydrogens (primary N) is 1. The molecule has 0 fully saturated rings. The Hall–Kier alpha value is -0.600. The van der Waals surface area contributed by atoms with Crippen molar-refractivity contribution in [3.05, 3.63) is 35.4 Å². The minimum atomic E-state index is 0.617. The molecule has 3 heteroatoms. The summed E-state index contributed by atoms with van der Waals surface area (Å²) in [5.41, 5.74) is 7.36. The van der Waals surface area contributed by atoms with E-state index in [0.717, 1.165) is 16.2 Å². The molecule has 1 rings (SSSR count). The van der Waals surface area contributed by atoms with Gasteiger partial charge in [0.25, 0.3) is 0 Å². The lowest BCUT2D eigenvalue weighted by Gasteiger charge is -2.03. The lowest BCUT2D eigenvalue weighted by molar-refractivity contribution is 1.40. The van der Waals surface area contributed by atoms with Gasteiger partial charge >= 0.3 is 0 Å². The van der Waals surface area contributed by atoms with Gasteiger partial charge in [0.2, 0.25) is 0 Å². The predicted octanol–water partition coefficient (Wildman–Crippen LogP) is 3.59. The second-order valence-corrected chi connectivity index (χ2v) is 4.39. The van der Waals surface area contributed by atoms with E-state index in [1.54, 1.807) is 11.8 Å². The van der Waals surface area contributed by atoms with E-state index < -0.39 is 0 Å². The largest absolute Gasteiger partial charge is 0.398 e. The molecule has 2 N–H and O–H groups in total. The lowest BCUT2D eigenvalue weighted by atomic mass is 10.3. The van der Waals surface area contributed by atoms with Crippen molar-refractivity contribution < 1.29 is 0 Å². The number of hydrogen-bond acceptors (Lipinski definition) is 2. The third-order valence-electron chi connectivity index (χ3n) is 1.46. The van der Waals surface area contributed by atoms with E-state index in [1.807, 2.05) is 25.1 Å². The molecule has 0 aliphatic rings. The standard InChI is InChI=1S/C10H12ClNS/c1-7(2)6-13-8-3-4-10(12)9(11)5-8/h3-5H,1,6,12H2,2H3. The molecule has 0 heterocycles. The Morgan fingerprint density at radius 3 is 2.85 bits per heavy atom. The molecule has 1 aromatic rings. The monoisotopic (exact) mass is 213 g/mol. The van der Waals surface area contributed by atoms with Crippen molar-refractivity contribution >= 4 is 29.1 Å². The van der Waals surface area contributed by atoms with E-state index in [4.69, 9.17) is 17.3 Å². The van der Waals surface area contributed by atoms with Crippen molar-refractivity contribution in [3.63, 3.8) is 0 Å². The minimum Gasteiger partial charge on any atom is -0.398 e. The maximum absolute atomic E-state index is 5.87. The van der Waals surface area contributed by atoms with E-state index >= 15 is 0 Å². The minimum absolute atomic E-state index is 0.617. The number of nitrogen functional groups attached to an aromatic ring is 1. The first-order valence-corrected chi connectivity index (χ1v) is 5.28. The van der Waals surface area contributed by atoms with E-state index in [9.17, 15) is 0 Å². The third-order valence-corrected chi connectivity index (χ3v) is 3.01. The second-order valence-electron chi connectivity index (χ2n) is 2.93. The Balaban J connectivity index is 2.68. The van der Waals surface area contributed by atoms with E-state index in [1.165, 1.54) is 0 Å². The first-order chi connectivity index (χ1) is 6.09. The van der Waals surface area contributed by atoms with Crippen LogP contribution in [0.1, 0.15) is 6.92 Å². The number of thioether (sulfide) groups is 1. The van der Waals surface area contributed by atoms with Crippen LogP contribution in [0.5, 0.6) is 0 Å². The average Bonchev–Trinajstić information content (AvgIpc) is 2.07. The van der Waals surface area contributed by atoms with E-state index in [0.29, 0.717) is 10.7 Å². The zero-order valence-electron chi connectivity index (χ0n) is 7.51. The van der Waals surface area contributed by atoms with Crippen molar-refractivity contribution in [1.29, 1.82) is 0 Å². The molecule has 0 unspecified atom stereocenters. The zero-order chi connectivity index (χ0) is 9.84. The summed E-state index contributed by atoms with van der Waals surface area (Å²) in [6.45, 7) is 5.84. The normalized spacial score (nSPS) is 10.0. The van der Waals surface area contributed by atoms with Crippen LogP contribution in [0.3, 0.4) is 0 Å². The fourth-order valence-electron chi connectivity index (χ4n) is 0.804. The zero-order valence-corrected chi connectivity index (χ0v) is 9.08. The van der Waals surface area contributed by atoms with Crippen molar-refractivity contribution in [2.75, 3.05) is 11.5 Å². The van der Waals surface area contributed by atoms with Gasteiger partial charge < -0.3 is 5.73 Å². The van der Waals surface area contributed by atoms with Crippen molar-refractivity contribution in [2.24, 2.45) is 0 Å². The third kappa shape index (κ3) is 3.33. The van der Waals surface area contributed by atoms with Crippen LogP contribution in [0.15, 0.2) is 35.2 Å². The SMILES string of the molecule is C=C(C)CSc1ccc(N)c(Cl)c1. The van der Waals surface area contributed by atoms with Crippen LogP contribution in [0.2, 0.25) is 5.02 Å². The van der Waals surface area contributed by atoms with Gasteiger partial charge in [-0.1, -0.05) is 23.8 Å². The molecule has 0 aliphatic heterocycles. The Morgan fingerprint density at radius 1 is 1.62 bits per heavy atom. The van der Waals surface area contributed by atoms with Crippen molar-refractivity contribution in [3.8, 4) is 0 Å². The van der Waals surface area contributed by atoms with Crippen molar-refractivity contribution in [1.82, 2.24) is 0 Å². The summed E-state index contributed by atoms with van der Waals surface area (Å²) < 4.78 is 0. The van der Waals surface area contributed by atoms with E-state index in [2.05, 4.69) is 6.58 Å². The molecule has 70 valence electrons. The van der Waals surface area contributed by atoms with Crippen LogP contribution in [0, 0.1) is 0 Å². The highest BCUT2D eigenvalue weighted by Gasteiger charge is 1.98. The topological polar surface area (TPSA) is 26.0 Å². The maximum Gasteiger partial charge on any atom is 0.0646 e. The van der Waals surface area contributed by atoms with Gasteiger partial charge in [-0.05, 0) is 25.1 Å². The molecule has 0 bridgehead atoms. The Morgan fingerprint density at radius 2 is 2.31 bits per heavy atom. The Kier molecular flexibility index (Phi) is 3.70. The quantitative estimate of drug-likeness (QED) is 0.472. The van der Waals surface area contributed by atoms with Crippen LogP contribution in [-0.2, 0) is 0 Å². The number of benzene rings is 1. The first-order valence-electron chi connectivity index (χ1n) is 3.92. The van der Waals surface area contributed by atoms with Crippen LogP contribution in [-0.4, -0.2) is 5.75 Å². The van der Waals surface area contributed by atoms with Gasteiger partial charge in [-0.3, -0.25) is 0 Å². The van der Waals surface area contributed by atoms with Gasteiger partial charge in [0, 0.05) is 10.6 Å². The number of anilines is 1. The van der Waals surface area contributed by atoms with Crippen LogP contribution in [0.4, 0.5) is 5.69 Å². The molecule has 0 radical (unpaired) electrons. The first kappa shape index (κ1) is 10.5. The molecule has 0 saturated carbocycles. The highest BCUT2D eigenvalue weighted by molar-refractivity contribution is 7.99. The lowest BCUT2D eigenvalue weighted by Crippen LogP contribution is -1.86. The highest BCUT2D eigenvalue weighted by atomic mass is 35.5. The summed E-state index contributed by atoms with van der Waals surface area (Å²) in [5, 5.41) is 0.617. The fraction of sp³-hybridized carbons (Fsp3) is 0.200. The molecular weight excluding hydrogens is 202 g/mol. The molecule has 1 aromatic carbocycles. The van der Waals surface area contributed by atoms with E-state index in [-0.39, 0.29) is 0 Å². The molecule has 0 spiro atoms. The number of halogens is 1. The predicted molar refractivity (Wildman–Crippen MR) is 61.4 cm³/mol. The molecule has 0 saturated heterocycles. The molecule has 0 aliphatic carbocycles. The summed E-state index contributed by atoms with van der Waals surface area (Å²) in [6, 6.07) is 5.67. The van der Waals surface area contributed by atoms with Crippen LogP contribution < -0.4 is 5.73 Å². The van der Waals surface area contributed by atoms with Gasteiger partial charge in [0.15, 0.2) is 0 Å². The molecular formula is C10H12ClNS. The molecule has 1 nitrogen and oxygen atoms in total. The Bertz CT molecular complexity index is 323. The van der Waals surface area contributed by atoms with Crippen LogP contribution >= 0.6 is 23.4 Å². The van der Waals surface area contributed by atoms with Crippen LogP contribution in [0.25, 0.3) is 0 Å². The fourth-order valence-corrected chi connectivity index (χ4v) is 1.83. The summed E-state index contributed by atoms with van der Waals surface area (Å²) in [5.74, 6) is 0.917. The van der Waals surface area contributed by atoms with Gasteiger partial charge in [-0.2, -0.15) is 0 Å². The smallest absolute Gasteiger partial charge is 0.0646 e. The summed E-state index contributed by atoms with van der Waals surface area (Å²) in [4.78, 5) is 1.13. The molecule has 0 atom stereocenters. The average molecular weight is 214 g/mol. The number of rotatable bonds is 3. The van der Waals surface area contributed by atoms with Gasteiger partial charge in [0.1, 0.15) is 0 Å². The van der Waals surface area contributed by atoms with Gasteiger partial charge in [-0.25, -0.2) is 0 Å². The summed E-state index contributed by atoms with van der Waals surface area (Å²) >= 11 is 7.58. The maximum atomic E-state index is 5.87. The Labute approximate surface area is 88.0 Å². The summed E-state index contributed by atoms with van der Waals surface area (Å²) in [7, 11) is 0. The van der Waals surface area contributed by atoms with Gasteiger partial charge in [0.05, 0.1) is 10.7 Å². The summed E-state index contributed by atoms with van der Waals surface area (Å²) in [6.07, 6.45) is 0. The molecule has 0 aromatic heterocycles. The number of hydrogen-bond donors (Lipinski definition) is 1. The van der Waals surface area contributed by atoms with Crippen molar-refractivity contribution in [2.45, 2.75) is 11.8 Å². The molecule has 0 amide bonds. The molecule has 13 heavy (non-hydrogen) atoms.